The largest absolute Gasteiger partial charge is 0.325 e. The van der Waals surface area contributed by atoms with Gasteiger partial charge in [0.2, 0.25) is 5.91 Å². The van der Waals surface area contributed by atoms with Crippen LogP contribution in [0.2, 0.25) is 5.02 Å². The minimum atomic E-state index is -0.222. The highest BCUT2D eigenvalue weighted by molar-refractivity contribution is 8.00. The van der Waals surface area contributed by atoms with E-state index in [-0.39, 0.29) is 11.2 Å². The molecule has 1 unspecified atom stereocenters. The highest BCUT2D eigenvalue weighted by Gasteiger charge is 2.17. The second kappa shape index (κ2) is 7.70. The third-order valence-corrected chi connectivity index (χ3v) is 4.97. The van der Waals surface area contributed by atoms with Crippen LogP contribution >= 0.6 is 23.4 Å². The van der Waals surface area contributed by atoms with Gasteiger partial charge in [0, 0.05) is 10.6 Å². The van der Waals surface area contributed by atoms with E-state index in [2.05, 4.69) is 19.2 Å². The van der Waals surface area contributed by atoms with Crippen LogP contribution in [0.3, 0.4) is 0 Å². The molecule has 0 fully saturated rings. The fourth-order valence-corrected chi connectivity index (χ4v) is 3.29. The number of rotatable bonds is 5. The van der Waals surface area contributed by atoms with Crippen LogP contribution in [0.5, 0.6) is 0 Å². The van der Waals surface area contributed by atoms with Crippen LogP contribution in [0.25, 0.3) is 0 Å². The van der Waals surface area contributed by atoms with Crippen molar-refractivity contribution in [2.75, 3.05) is 5.32 Å². The summed E-state index contributed by atoms with van der Waals surface area (Å²) in [6.07, 6.45) is 0. The number of halogens is 1. The van der Waals surface area contributed by atoms with Gasteiger partial charge in [0.1, 0.15) is 0 Å². The van der Waals surface area contributed by atoms with E-state index < -0.39 is 0 Å². The molecule has 1 amide bonds. The molecule has 0 saturated heterocycles. The first-order valence-electron chi connectivity index (χ1n) is 7.30. The lowest BCUT2D eigenvalue weighted by atomic mass is 10.0. The molecule has 4 heteroatoms. The standard InChI is InChI=1S/C18H20ClNOS/c1-12(2)14-8-4-6-10-16(14)20-18(21)13(3)22-17-11-7-5-9-15(17)19/h4-13H,1-3H3,(H,20,21). The van der Waals surface area contributed by atoms with E-state index in [0.29, 0.717) is 10.9 Å². The second-order valence-electron chi connectivity index (χ2n) is 5.42. The second-order valence-corrected chi connectivity index (χ2v) is 7.21. The highest BCUT2D eigenvalue weighted by Crippen LogP contribution is 2.31. The third kappa shape index (κ3) is 4.28. The molecule has 2 nitrogen and oxygen atoms in total. The van der Waals surface area contributed by atoms with Gasteiger partial charge in [0.25, 0.3) is 0 Å². The smallest absolute Gasteiger partial charge is 0.237 e. The van der Waals surface area contributed by atoms with Gasteiger partial charge in [0.15, 0.2) is 0 Å². The molecule has 0 aliphatic carbocycles. The quantitative estimate of drug-likeness (QED) is 0.723. The Kier molecular flexibility index (Phi) is 5.92. The van der Waals surface area contributed by atoms with Gasteiger partial charge in [-0.05, 0) is 36.6 Å². The Balaban J connectivity index is 2.08. The molecule has 1 N–H and O–H groups in total. The summed E-state index contributed by atoms with van der Waals surface area (Å²) in [5.74, 6) is 0.348. The molecule has 116 valence electrons. The molecule has 0 aliphatic rings. The number of hydrogen-bond donors (Lipinski definition) is 1. The molecule has 0 bridgehead atoms. The fraction of sp³-hybridized carbons (Fsp3) is 0.278. The Morgan fingerprint density at radius 1 is 1.05 bits per heavy atom. The lowest BCUT2D eigenvalue weighted by Crippen LogP contribution is -2.23. The van der Waals surface area contributed by atoms with Crippen molar-refractivity contribution in [3.63, 3.8) is 0 Å². The van der Waals surface area contributed by atoms with Gasteiger partial charge in [-0.15, -0.1) is 11.8 Å². The van der Waals surface area contributed by atoms with Crippen molar-refractivity contribution in [2.45, 2.75) is 36.8 Å². The van der Waals surface area contributed by atoms with Crippen molar-refractivity contribution in [1.82, 2.24) is 0 Å². The summed E-state index contributed by atoms with van der Waals surface area (Å²) in [7, 11) is 0. The number of carbonyl (C=O) groups is 1. The Bertz CT molecular complexity index is 657. The minimum Gasteiger partial charge on any atom is -0.325 e. The lowest BCUT2D eigenvalue weighted by molar-refractivity contribution is -0.115. The van der Waals surface area contributed by atoms with Gasteiger partial charge >= 0.3 is 0 Å². The number of nitrogens with one attached hydrogen (secondary N) is 1. The van der Waals surface area contributed by atoms with E-state index in [1.807, 2.05) is 55.5 Å². The highest BCUT2D eigenvalue weighted by atomic mass is 35.5. The van der Waals surface area contributed by atoms with Crippen LogP contribution in [0.4, 0.5) is 5.69 Å². The van der Waals surface area contributed by atoms with Crippen LogP contribution in [0.15, 0.2) is 53.4 Å². The minimum absolute atomic E-state index is 0.0157. The average molecular weight is 334 g/mol. The van der Waals surface area contributed by atoms with Gasteiger partial charge in [-0.2, -0.15) is 0 Å². The molecule has 1 atom stereocenters. The van der Waals surface area contributed by atoms with Crippen LogP contribution in [-0.2, 0) is 4.79 Å². The van der Waals surface area contributed by atoms with Crippen molar-refractivity contribution in [1.29, 1.82) is 0 Å². The SMILES string of the molecule is CC(Sc1ccccc1Cl)C(=O)Nc1ccccc1C(C)C. The zero-order valence-corrected chi connectivity index (χ0v) is 14.5. The first-order valence-corrected chi connectivity index (χ1v) is 8.55. The summed E-state index contributed by atoms with van der Waals surface area (Å²) in [6, 6.07) is 15.5. The van der Waals surface area contributed by atoms with E-state index in [1.165, 1.54) is 11.8 Å². The molecule has 0 aromatic heterocycles. The Labute approximate surface area is 141 Å². The van der Waals surface area contributed by atoms with Crippen LogP contribution in [0.1, 0.15) is 32.3 Å². The van der Waals surface area contributed by atoms with Crippen molar-refractivity contribution < 1.29 is 4.79 Å². The van der Waals surface area contributed by atoms with Gasteiger partial charge in [-0.3, -0.25) is 4.79 Å². The van der Waals surface area contributed by atoms with Crippen LogP contribution in [-0.4, -0.2) is 11.2 Å². The molecule has 0 aliphatic heterocycles. The van der Waals surface area contributed by atoms with Crippen molar-refractivity contribution in [2.24, 2.45) is 0 Å². The maximum Gasteiger partial charge on any atom is 0.237 e. The normalized spacial score (nSPS) is 12.2. The number of benzene rings is 2. The Hall–Kier alpha value is -1.45. The van der Waals surface area contributed by atoms with Crippen LogP contribution < -0.4 is 5.32 Å². The molecule has 0 heterocycles. The van der Waals surface area contributed by atoms with Gasteiger partial charge in [-0.25, -0.2) is 0 Å². The molecule has 22 heavy (non-hydrogen) atoms. The first kappa shape index (κ1) is 16.9. The van der Waals surface area contributed by atoms with E-state index in [0.717, 1.165) is 16.1 Å². The Morgan fingerprint density at radius 3 is 2.36 bits per heavy atom. The average Bonchev–Trinajstić information content (AvgIpc) is 2.49. The Morgan fingerprint density at radius 2 is 1.68 bits per heavy atom. The monoisotopic (exact) mass is 333 g/mol. The number of thioether (sulfide) groups is 1. The molecule has 2 rings (SSSR count). The number of hydrogen-bond acceptors (Lipinski definition) is 2. The number of amides is 1. The van der Waals surface area contributed by atoms with Gasteiger partial charge < -0.3 is 5.32 Å². The van der Waals surface area contributed by atoms with E-state index in [1.54, 1.807) is 0 Å². The van der Waals surface area contributed by atoms with Crippen molar-refractivity contribution in [3.8, 4) is 0 Å². The maximum absolute atomic E-state index is 12.4. The number of anilines is 1. The zero-order valence-electron chi connectivity index (χ0n) is 13.0. The summed E-state index contributed by atoms with van der Waals surface area (Å²) in [5.41, 5.74) is 2.03. The lowest BCUT2D eigenvalue weighted by Gasteiger charge is -2.16. The van der Waals surface area contributed by atoms with Crippen molar-refractivity contribution in [3.05, 3.63) is 59.1 Å². The summed E-state index contributed by atoms with van der Waals surface area (Å²) in [5, 5.41) is 3.48. The number of carbonyl (C=O) groups excluding carboxylic acids is 1. The summed E-state index contributed by atoms with van der Waals surface area (Å²) >= 11 is 7.62. The number of para-hydroxylation sites is 1. The summed E-state index contributed by atoms with van der Waals surface area (Å²) in [6.45, 7) is 6.13. The predicted molar refractivity (Wildman–Crippen MR) is 95.9 cm³/mol. The van der Waals surface area contributed by atoms with Crippen molar-refractivity contribution >= 4 is 35.0 Å². The molecular weight excluding hydrogens is 314 g/mol. The summed E-state index contributed by atoms with van der Waals surface area (Å²) < 4.78 is 0. The predicted octanol–water partition coefficient (Wildman–Crippen LogP) is 5.58. The van der Waals surface area contributed by atoms with E-state index in [4.69, 9.17) is 11.6 Å². The summed E-state index contributed by atoms with van der Waals surface area (Å²) in [4.78, 5) is 13.3. The van der Waals surface area contributed by atoms with E-state index >= 15 is 0 Å². The molecule has 2 aromatic carbocycles. The molecule has 2 aromatic rings. The molecule has 0 radical (unpaired) electrons. The van der Waals surface area contributed by atoms with Gasteiger partial charge in [0.05, 0.1) is 10.3 Å². The fourth-order valence-electron chi connectivity index (χ4n) is 2.13. The third-order valence-electron chi connectivity index (χ3n) is 3.35. The molecular formula is C18H20ClNOS. The zero-order chi connectivity index (χ0) is 16.1. The van der Waals surface area contributed by atoms with E-state index in [9.17, 15) is 4.79 Å². The van der Waals surface area contributed by atoms with Gasteiger partial charge in [-0.1, -0.05) is 55.8 Å². The molecule has 0 spiro atoms. The topological polar surface area (TPSA) is 29.1 Å². The van der Waals surface area contributed by atoms with Crippen LogP contribution in [0, 0.1) is 0 Å². The molecule has 0 saturated carbocycles. The maximum atomic E-state index is 12.4. The first-order chi connectivity index (χ1) is 10.5.